The summed E-state index contributed by atoms with van der Waals surface area (Å²) in [6.45, 7) is 1.31. The summed E-state index contributed by atoms with van der Waals surface area (Å²) in [6, 6.07) is 0.933. The molecular weight excluding hydrogens is 196 g/mol. The highest BCUT2D eigenvalue weighted by atomic mass is 19.3. The van der Waals surface area contributed by atoms with E-state index in [0.29, 0.717) is 0 Å². The number of carboxylic acids is 1. The Labute approximate surface area is 77.2 Å². The van der Waals surface area contributed by atoms with Crippen molar-refractivity contribution in [3.8, 4) is 0 Å². The first-order chi connectivity index (χ1) is 6.43. The number of H-pyrrole nitrogens is 1. The SMILES string of the molecule is Cc1cc(C(=O)O)c(=O)[nH]c1C(F)F. The highest BCUT2D eigenvalue weighted by molar-refractivity contribution is 5.87. The van der Waals surface area contributed by atoms with Gasteiger partial charge in [-0.25, -0.2) is 13.6 Å². The Bertz CT molecular complexity index is 425. The Balaban J connectivity index is 3.39. The third kappa shape index (κ3) is 1.78. The number of alkyl halides is 2. The van der Waals surface area contributed by atoms with Crippen LogP contribution < -0.4 is 5.56 Å². The molecule has 0 fully saturated rings. The van der Waals surface area contributed by atoms with Gasteiger partial charge >= 0.3 is 5.97 Å². The first-order valence-corrected chi connectivity index (χ1v) is 3.68. The van der Waals surface area contributed by atoms with Crippen LogP contribution >= 0.6 is 0 Å². The number of carbonyl (C=O) groups is 1. The quantitative estimate of drug-likeness (QED) is 0.761. The average Bonchev–Trinajstić information content (AvgIpc) is 2.07. The Morgan fingerprint density at radius 3 is 2.57 bits per heavy atom. The fraction of sp³-hybridized carbons (Fsp3) is 0.250. The van der Waals surface area contributed by atoms with Gasteiger partial charge in [0.05, 0.1) is 5.69 Å². The predicted octanol–water partition coefficient (Wildman–Crippen LogP) is 1.32. The van der Waals surface area contributed by atoms with Crippen LogP contribution in [0.2, 0.25) is 0 Å². The molecular formula is C8H7F2NO3. The highest BCUT2D eigenvalue weighted by Gasteiger charge is 2.16. The molecule has 0 atom stereocenters. The lowest BCUT2D eigenvalue weighted by Gasteiger charge is -2.04. The number of hydrogen-bond donors (Lipinski definition) is 2. The first-order valence-electron chi connectivity index (χ1n) is 3.68. The molecule has 0 aromatic carbocycles. The number of rotatable bonds is 2. The molecule has 1 heterocycles. The van der Waals surface area contributed by atoms with E-state index in [2.05, 4.69) is 0 Å². The average molecular weight is 203 g/mol. The Morgan fingerprint density at radius 2 is 2.14 bits per heavy atom. The summed E-state index contributed by atoms with van der Waals surface area (Å²) in [5, 5.41) is 8.51. The van der Waals surface area contributed by atoms with Crippen LogP contribution in [0, 0.1) is 6.92 Å². The second-order valence-electron chi connectivity index (χ2n) is 2.71. The van der Waals surface area contributed by atoms with E-state index >= 15 is 0 Å². The standard InChI is InChI=1S/C8H7F2NO3/c1-3-2-4(8(13)14)7(12)11-5(3)6(9)10/h2,6H,1H3,(H,11,12)(H,13,14). The van der Waals surface area contributed by atoms with Crippen molar-refractivity contribution in [1.82, 2.24) is 4.98 Å². The van der Waals surface area contributed by atoms with Gasteiger partial charge in [0.1, 0.15) is 5.56 Å². The van der Waals surface area contributed by atoms with Crippen LogP contribution in [0.15, 0.2) is 10.9 Å². The molecule has 0 aliphatic carbocycles. The van der Waals surface area contributed by atoms with Gasteiger partial charge in [-0.15, -0.1) is 0 Å². The lowest BCUT2D eigenvalue weighted by molar-refractivity contribution is 0.0694. The van der Waals surface area contributed by atoms with E-state index in [1.807, 2.05) is 4.98 Å². The molecule has 1 aromatic rings. The van der Waals surface area contributed by atoms with Crippen LogP contribution in [0.5, 0.6) is 0 Å². The van der Waals surface area contributed by atoms with Gasteiger partial charge in [-0.3, -0.25) is 4.79 Å². The van der Waals surface area contributed by atoms with Crippen LogP contribution in [0.1, 0.15) is 28.0 Å². The minimum absolute atomic E-state index is 0.0528. The number of hydrogen-bond acceptors (Lipinski definition) is 2. The molecule has 0 spiro atoms. The normalized spacial score (nSPS) is 10.6. The van der Waals surface area contributed by atoms with Gasteiger partial charge in [0.25, 0.3) is 12.0 Å². The number of aryl methyl sites for hydroxylation is 1. The predicted molar refractivity (Wildman–Crippen MR) is 43.7 cm³/mol. The maximum Gasteiger partial charge on any atom is 0.341 e. The van der Waals surface area contributed by atoms with Crippen LogP contribution in [0.4, 0.5) is 8.78 Å². The molecule has 0 radical (unpaired) electrons. The third-order valence-corrected chi connectivity index (χ3v) is 1.73. The van der Waals surface area contributed by atoms with Crippen molar-refractivity contribution in [2.75, 3.05) is 0 Å². The lowest BCUT2D eigenvalue weighted by atomic mass is 10.1. The van der Waals surface area contributed by atoms with Gasteiger partial charge in [-0.05, 0) is 18.6 Å². The van der Waals surface area contributed by atoms with Crippen molar-refractivity contribution in [3.63, 3.8) is 0 Å². The number of halogens is 2. The number of aromatic carboxylic acids is 1. The second kappa shape index (κ2) is 3.57. The van der Waals surface area contributed by atoms with Crippen molar-refractivity contribution >= 4 is 5.97 Å². The number of aromatic amines is 1. The minimum Gasteiger partial charge on any atom is -0.477 e. The van der Waals surface area contributed by atoms with Crippen molar-refractivity contribution in [2.24, 2.45) is 0 Å². The van der Waals surface area contributed by atoms with Crippen molar-refractivity contribution < 1.29 is 18.7 Å². The second-order valence-corrected chi connectivity index (χ2v) is 2.71. The molecule has 0 aliphatic heterocycles. The largest absolute Gasteiger partial charge is 0.477 e. The molecule has 1 rings (SSSR count). The van der Waals surface area contributed by atoms with E-state index in [1.54, 1.807) is 0 Å². The zero-order valence-electron chi connectivity index (χ0n) is 7.17. The minimum atomic E-state index is -2.81. The summed E-state index contributed by atoms with van der Waals surface area (Å²) in [4.78, 5) is 23.3. The molecule has 0 amide bonds. The summed E-state index contributed by atoms with van der Waals surface area (Å²) in [5.41, 5.74) is -2.04. The zero-order chi connectivity index (χ0) is 10.9. The third-order valence-electron chi connectivity index (χ3n) is 1.73. The highest BCUT2D eigenvalue weighted by Crippen LogP contribution is 2.18. The smallest absolute Gasteiger partial charge is 0.341 e. The fourth-order valence-electron chi connectivity index (χ4n) is 1.03. The molecule has 0 unspecified atom stereocenters. The molecule has 0 aliphatic rings. The first kappa shape index (κ1) is 10.4. The number of pyridine rings is 1. The van der Waals surface area contributed by atoms with Crippen molar-refractivity contribution in [1.29, 1.82) is 0 Å². The maximum absolute atomic E-state index is 12.2. The van der Waals surface area contributed by atoms with E-state index in [-0.39, 0.29) is 5.56 Å². The molecule has 0 bridgehead atoms. The molecule has 6 heteroatoms. The van der Waals surface area contributed by atoms with Crippen LogP contribution in [-0.4, -0.2) is 16.1 Å². The maximum atomic E-state index is 12.2. The zero-order valence-corrected chi connectivity index (χ0v) is 7.17. The van der Waals surface area contributed by atoms with E-state index < -0.39 is 29.2 Å². The fourth-order valence-corrected chi connectivity index (χ4v) is 1.03. The monoisotopic (exact) mass is 203 g/mol. The topological polar surface area (TPSA) is 70.2 Å². The molecule has 1 aromatic heterocycles. The van der Waals surface area contributed by atoms with Crippen molar-refractivity contribution in [3.05, 3.63) is 33.2 Å². The van der Waals surface area contributed by atoms with Crippen LogP contribution in [0.3, 0.4) is 0 Å². The molecule has 2 N–H and O–H groups in total. The molecule has 0 saturated carbocycles. The molecule has 0 saturated heterocycles. The van der Waals surface area contributed by atoms with Gasteiger partial charge < -0.3 is 10.1 Å². The van der Waals surface area contributed by atoms with E-state index in [0.717, 1.165) is 6.07 Å². The number of carboxylic acid groups (broad SMARTS) is 1. The van der Waals surface area contributed by atoms with E-state index in [1.165, 1.54) is 6.92 Å². The number of aromatic nitrogens is 1. The molecule has 14 heavy (non-hydrogen) atoms. The van der Waals surface area contributed by atoms with Gasteiger partial charge in [0.15, 0.2) is 0 Å². The molecule has 4 nitrogen and oxygen atoms in total. The van der Waals surface area contributed by atoms with E-state index in [9.17, 15) is 18.4 Å². The summed E-state index contributed by atoms with van der Waals surface area (Å²) in [6.07, 6.45) is -2.81. The molecule has 76 valence electrons. The van der Waals surface area contributed by atoms with Gasteiger partial charge in [0.2, 0.25) is 0 Å². The Hall–Kier alpha value is -1.72. The Kier molecular flexibility index (Phi) is 2.64. The summed E-state index contributed by atoms with van der Waals surface area (Å²) >= 11 is 0. The summed E-state index contributed by atoms with van der Waals surface area (Å²) in [7, 11) is 0. The van der Waals surface area contributed by atoms with Gasteiger partial charge in [-0.1, -0.05) is 0 Å². The van der Waals surface area contributed by atoms with Gasteiger partial charge in [0, 0.05) is 0 Å². The number of nitrogens with one attached hydrogen (secondary N) is 1. The summed E-state index contributed by atoms with van der Waals surface area (Å²) < 4.78 is 24.4. The van der Waals surface area contributed by atoms with Crippen LogP contribution in [-0.2, 0) is 0 Å². The summed E-state index contributed by atoms with van der Waals surface area (Å²) in [5.74, 6) is -1.44. The van der Waals surface area contributed by atoms with E-state index in [4.69, 9.17) is 5.11 Å². The van der Waals surface area contributed by atoms with Gasteiger partial charge in [-0.2, -0.15) is 0 Å². The van der Waals surface area contributed by atoms with Crippen molar-refractivity contribution in [2.45, 2.75) is 13.3 Å². The van der Waals surface area contributed by atoms with Crippen LogP contribution in [0.25, 0.3) is 0 Å². The Morgan fingerprint density at radius 1 is 1.57 bits per heavy atom. The lowest BCUT2D eigenvalue weighted by Crippen LogP contribution is -2.20.